The van der Waals surface area contributed by atoms with Crippen molar-refractivity contribution in [3.8, 4) is 0 Å². The Morgan fingerprint density at radius 3 is 2.36 bits per heavy atom. The Morgan fingerprint density at radius 2 is 1.93 bits per heavy atom. The van der Waals surface area contributed by atoms with Gasteiger partial charge in [-0.1, -0.05) is 0 Å². The average molecular weight is 221 g/mol. The number of rotatable bonds is 2. The molecule has 0 fully saturated rings. The molecule has 0 unspecified atom stereocenters. The van der Waals surface area contributed by atoms with Gasteiger partial charge in [-0.25, -0.2) is 4.39 Å². The van der Waals surface area contributed by atoms with Gasteiger partial charge in [-0.3, -0.25) is 25.5 Å². The summed E-state index contributed by atoms with van der Waals surface area (Å²) in [5.74, 6) is -2.65. The molecule has 0 saturated carbocycles. The average Bonchev–Trinajstić information content (AvgIpc) is 2.21. The fourth-order valence-corrected chi connectivity index (χ4v) is 1.05. The van der Waals surface area contributed by atoms with E-state index in [1.165, 1.54) is 0 Å². The van der Waals surface area contributed by atoms with Gasteiger partial charge in [0.25, 0.3) is 5.91 Å². The first-order valence-corrected chi connectivity index (χ1v) is 5.16. The maximum absolute atomic E-state index is 13.2. The van der Waals surface area contributed by atoms with Crippen molar-refractivity contribution in [1.82, 2.24) is 5.09 Å². The molecule has 0 radical (unpaired) electrons. The van der Waals surface area contributed by atoms with Crippen molar-refractivity contribution < 1.29 is 19.2 Å². The Labute approximate surface area is 85.4 Å². The number of nitrogens with two attached hydrogens (primary N) is 2. The highest BCUT2D eigenvalue weighted by molar-refractivity contribution is 7.57. The van der Waals surface area contributed by atoms with Gasteiger partial charge in [-0.15, -0.1) is 0 Å². The van der Waals surface area contributed by atoms with Crippen LogP contribution in [0, 0.1) is 5.82 Å². The third kappa shape index (κ3) is 3.26. The lowest BCUT2D eigenvalue weighted by Crippen LogP contribution is -2.28. The molecule has 5 N–H and O–H groups in total. The summed E-state index contributed by atoms with van der Waals surface area (Å²) >= 11 is 0. The minimum Gasteiger partial charge on any atom is -0.279 e. The van der Waals surface area contributed by atoms with Crippen LogP contribution in [0.3, 0.4) is 0 Å². The number of carbonyl (C=O) groups excluding carboxylic acids is 1. The Morgan fingerprint density at radius 1 is 1.43 bits per heavy atom. The second-order valence-electron chi connectivity index (χ2n) is 2.34. The molecule has 0 heterocycles. The van der Waals surface area contributed by atoms with E-state index in [1.807, 2.05) is 0 Å². The van der Waals surface area contributed by atoms with Gasteiger partial charge < -0.3 is 0 Å². The zero-order valence-corrected chi connectivity index (χ0v) is 7.69. The molecule has 0 aliphatic rings. The lowest BCUT2D eigenvalue weighted by molar-refractivity contribution is 0.0980. The Balaban J connectivity index is 3.43. The first kappa shape index (κ1) is 6.29. The summed E-state index contributed by atoms with van der Waals surface area (Å²) in [6, 6.07) is -3.83. The number of carbonyl (C=O) groups is 1. The monoisotopic (exact) mass is 221 g/mol. The van der Waals surface area contributed by atoms with E-state index in [9.17, 15) is 13.8 Å². The van der Waals surface area contributed by atoms with Crippen molar-refractivity contribution >= 4 is 13.5 Å². The minimum atomic E-state index is -3.95. The van der Waals surface area contributed by atoms with Crippen molar-refractivity contribution in [1.29, 1.82) is 0 Å². The summed E-state index contributed by atoms with van der Waals surface area (Å²) < 4.78 is 53.2. The molecular weight excluding hydrogens is 208 g/mol. The van der Waals surface area contributed by atoms with Crippen LogP contribution in [-0.2, 0) is 4.57 Å². The van der Waals surface area contributed by atoms with Crippen LogP contribution in [0.5, 0.6) is 0 Å². The number of halogens is 1. The lowest BCUT2D eigenvalue weighted by Gasteiger charge is -2.08. The van der Waals surface area contributed by atoms with Crippen molar-refractivity contribution in [2.24, 2.45) is 11.0 Å². The van der Waals surface area contributed by atoms with E-state index in [2.05, 4.69) is 0 Å². The first-order valence-electron chi connectivity index (χ1n) is 5.32. The molecule has 7 heteroatoms. The van der Waals surface area contributed by atoms with Crippen LogP contribution in [0.2, 0.25) is 0 Å². The maximum Gasteiger partial charge on any atom is 0.300 e. The summed E-state index contributed by atoms with van der Waals surface area (Å²) in [5, 5.41) is 1.63. The minimum absolute atomic E-state index is 0.775. The van der Waals surface area contributed by atoms with Crippen molar-refractivity contribution in [2.45, 2.75) is 0 Å². The SMILES string of the molecule is [2H]c1c([2H])c(C(=O)NP(N)(N)=O)c([2H])c([2H])c1F. The molecule has 0 aliphatic carbocycles. The van der Waals surface area contributed by atoms with Crippen LogP contribution in [0.4, 0.5) is 4.39 Å². The molecule has 1 rings (SSSR count). The Bertz CT molecular complexity index is 547. The fraction of sp³-hybridized carbons (Fsp3) is 0. The van der Waals surface area contributed by atoms with Gasteiger partial charge in [0.05, 0.1) is 5.48 Å². The van der Waals surface area contributed by atoms with E-state index in [-0.39, 0.29) is 0 Å². The summed E-state index contributed by atoms with van der Waals surface area (Å²) in [6.07, 6.45) is 0. The van der Waals surface area contributed by atoms with E-state index in [0.29, 0.717) is 0 Å². The molecule has 1 aromatic carbocycles. The van der Waals surface area contributed by atoms with Crippen LogP contribution in [0.15, 0.2) is 24.2 Å². The van der Waals surface area contributed by atoms with E-state index in [0.717, 1.165) is 0 Å². The highest BCUT2D eigenvalue weighted by Gasteiger charge is 2.14. The molecule has 0 atom stereocenters. The summed E-state index contributed by atoms with van der Waals surface area (Å²) in [5.41, 5.74) is 9.01. The molecule has 5 nitrogen and oxygen atoms in total. The highest BCUT2D eigenvalue weighted by Crippen LogP contribution is 2.18. The molecular formula is C7H9FN3O2P. The quantitative estimate of drug-likeness (QED) is 0.636. The van der Waals surface area contributed by atoms with Crippen molar-refractivity contribution in [3.63, 3.8) is 0 Å². The van der Waals surface area contributed by atoms with Crippen molar-refractivity contribution in [2.75, 3.05) is 0 Å². The molecule has 0 aliphatic heterocycles. The third-order valence-corrected chi connectivity index (χ3v) is 1.65. The maximum atomic E-state index is 13.2. The molecule has 1 aromatic rings. The number of amides is 1. The number of hydrogen-bond acceptors (Lipinski definition) is 2. The summed E-state index contributed by atoms with van der Waals surface area (Å²) in [6.45, 7) is 0. The largest absolute Gasteiger partial charge is 0.300 e. The molecule has 0 bridgehead atoms. The third-order valence-electron chi connectivity index (χ3n) is 1.10. The molecule has 0 spiro atoms. The smallest absolute Gasteiger partial charge is 0.279 e. The number of hydrogen-bond donors (Lipinski definition) is 3. The van der Waals surface area contributed by atoms with Crippen molar-refractivity contribution in [3.05, 3.63) is 35.6 Å². The van der Waals surface area contributed by atoms with Crippen LogP contribution in [-0.4, -0.2) is 5.91 Å². The van der Waals surface area contributed by atoms with Crippen LogP contribution in [0.25, 0.3) is 0 Å². The van der Waals surface area contributed by atoms with Crippen LogP contribution >= 0.6 is 7.59 Å². The standard InChI is InChI=1S/C7H9FN3O2P/c8-6-3-1-5(2-4-6)7(12)11-14(9,10)13/h1-4H,(H5,9,10,11,12,13)/i1D,2D,3D,4D. The molecule has 76 valence electrons. The molecule has 14 heavy (non-hydrogen) atoms. The zero-order valence-electron chi connectivity index (χ0n) is 10.8. The fourth-order valence-electron chi connectivity index (χ4n) is 0.625. The van der Waals surface area contributed by atoms with Gasteiger partial charge in [0, 0.05) is 5.56 Å². The van der Waals surface area contributed by atoms with Gasteiger partial charge in [0.1, 0.15) is 5.82 Å². The Kier molecular flexibility index (Phi) is 1.74. The van der Waals surface area contributed by atoms with E-state index < -0.39 is 49.1 Å². The van der Waals surface area contributed by atoms with Gasteiger partial charge in [-0.2, -0.15) is 0 Å². The topological polar surface area (TPSA) is 98.2 Å². The molecule has 1 amide bonds. The Hall–Kier alpha value is -1.23. The van der Waals surface area contributed by atoms with E-state index >= 15 is 0 Å². The highest BCUT2D eigenvalue weighted by atomic mass is 31.2. The van der Waals surface area contributed by atoms with Gasteiger partial charge in [0.2, 0.25) is 0 Å². The van der Waals surface area contributed by atoms with Gasteiger partial charge >= 0.3 is 7.59 Å². The lowest BCUT2D eigenvalue weighted by atomic mass is 10.2. The molecule has 0 aromatic heterocycles. The second kappa shape index (κ2) is 3.88. The van der Waals surface area contributed by atoms with E-state index in [4.69, 9.17) is 16.5 Å². The summed E-state index contributed by atoms with van der Waals surface area (Å²) in [7, 11) is -3.95. The number of nitrogens with one attached hydrogen (secondary N) is 1. The zero-order chi connectivity index (χ0) is 14.2. The number of benzene rings is 1. The first-order chi connectivity index (χ1) is 8.06. The summed E-state index contributed by atoms with van der Waals surface area (Å²) in [4.78, 5) is 11.5. The van der Waals surface area contributed by atoms with Gasteiger partial charge in [0.15, 0.2) is 0 Å². The normalized spacial score (nSPS) is 15.1. The van der Waals surface area contributed by atoms with Crippen LogP contribution in [0.1, 0.15) is 15.8 Å². The predicted molar refractivity (Wildman–Crippen MR) is 49.8 cm³/mol. The second-order valence-corrected chi connectivity index (χ2v) is 3.98. The van der Waals surface area contributed by atoms with Gasteiger partial charge in [-0.05, 0) is 24.2 Å². The van der Waals surface area contributed by atoms with E-state index in [1.54, 1.807) is 5.09 Å². The molecule has 0 saturated heterocycles. The predicted octanol–water partition coefficient (Wildman–Crippen LogP) is 0.581. The van der Waals surface area contributed by atoms with Crippen LogP contribution < -0.4 is 16.1 Å².